The van der Waals surface area contributed by atoms with Crippen molar-refractivity contribution in [2.75, 3.05) is 19.5 Å². The second-order valence-corrected chi connectivity index (χ2v) is 7.13. The molecule has 0 aliphatic rings. The lowest BCUT2D eigenvalue weighted by molar-refractivity contribution is 0.0817. The highest BCUT2D eigenvalue weighted by Crippen LogP contribution is 2.34. The SMILES string of the molecule is COc1cc2ncnc(Nc3ccc(C(=O)C(=O)c4ccccc4)cc3C)c2cc1OC. The van der Waals surface area contributed by atoms with Crippen molar-refractivity contribution in [1.82, 2.24) is 9.97 Å². The third-order valence-corrected chi connectivity index (χ3v) is 5.12. The number of nitrogens with zero attached hydrogens (tertiary/aromatic N) is 2. The molecule has 0 aliphatic carbocycles. The number of rotatable bonds is 7. The molecule has 0 atom stereocenters. The molecule has 32 heavy (non-hydrogen) atoms. The summed E-state index contributed by atoms with van der Waals surface area (Å²) < 4.78 is 10.7. The Labute approximate surface area is 185 Å². The summed E-state index contributed by atoms with van der Waals surface area (Å²) in [5, 5.41) is 4.04. The lowest BCUT2D eigenvalue weighted by atomic mass is 9.99. The number of aryl methyl sites for hydroxylation is 1. The fourth-order valence-electron chi connectivity index (χ4n) is 3.41. The van der Waals surface area contributed by atoms with E-state index in [1.807, 2.05) is 13.0 Å². The molecular formula is C25H21N3O4. The first kappa shape index (κ1) is 21.0. The van der Waals surface area contributed by atoms with Gasteiger partial charge >= 0.3 is 0 Å². The fourth-order valence-corrected chi connectivity index (χ4v) is 3.41. The first-order valence-corrected chi connectivity index (χ1v) is 9.90. The molecule has 0 bridgehead atoms. The van der Waals surface area contributed by atoms with E-state index in [0.717, 1.165) is 16.6 Å². The molecule has 1 heterocycles. The fraction of sp³-hybridized carbons (Fsp3) is 0.120. The molecule has 0 amide bonds. The number of ether oxygens (including phenoxy) is 2. The summed E-state index contributed by atoms with van der Waals surface area (Å²) in [6.07, 6.45) is 1.46. The summed E-state index contributed by atoms with van der Waals surface area (Å²) in [6.45, 7) is 1.86. The van der Waals surface area contributed by atoms with Gasteiger partial charge in [-0.05, 0) is 36.8 Å². The molecule has 4 rings (SSSR count). The van der Waals surface area contributed by atoms with E-state index in [2.05, 4.69) is 15.3 Å². The standard InChI is InChI=1S/C25H21N3O4/c1-15-11-17(24(30)23(29)16-7-5-4-6-8-16)9-10-19(15)28-25-18-12-21(31-2)22(32-3)13-20(18)26-14-27-25/h4-14H,1-3H3,(H,26,27,28). The Morgan fingerprint density at radius 3 is 2.19 bits per heavy atom. The normalized spacial score (nSPS) is 10.6. The van der Waals surface area contributed by atoms with Gasteiger partial charge in [-0.15, -0.1) is 0 Å². The van der Waals surface area contributed by atoms with Crippen LogP contribution in [-0.2, 0) is 0 Å². The molecule has 1 N–H and O–H groups in total. The van der Waals surface area contributed by atoms with Gasteiger partial charge in [0.2, 0.25) is 11.6 Å². The van der Waals surface area contributed by atoms with Crippen LogP contribution in [-0.4, -0.2) is 35.8 Å². The average Bonchev–Trinajstić information content (AvgIpc) is 2.84. The molecule has 160 valence electrons. The molecule has 4 aromatic rings. The molecule has 7 nitrogen and oxygen atoms in total. The monoisotopic (exact) mass is 427 g/mol. The minimum atomic E-state index is -0.546. The zero-order valence-electron chi connectivity index (χ0n) is 17.9. The van der Waals surface area contributed by atoms with Gasteiger partial charge in [0.05, 0.1) is 19.7 Å². The van der Waals surface area contributed by atoms with Gasteiger partial charge in [-0.25, -0.2) is 9.97 Å². The zero-order valence-corrected chi connectivity index (χ0v) is 17.9. The highest BCUT2D eigenvalue weighted by Gasteiger charge is 2.19. The van der Waals surface area contributed by atoms with Crippen LogP contribution in [0.3, 0.4) is 0 Å². The number of anilines is 2. The lowest BCUT2D eigenvalue weighted by Crippen LogP contribution is -2.14. The minimum absolute atomic E-state index is 0.334. The van der Waals surface area contributed by atoms with Crippen molar-refractivity contribution in [3.8, 4) is 11.5 Å². The van der Waals surface area contributed by atoms with Gasteiger partial charge in [0.15, 0.2) is 11.5 Å². The number of nitrogens with one attached hydrogen (secondary N) is 1. The molecule has 0 radical (unpaired) electrons. The number of carbonyl (C=O) groups is 2. The van der Waals surface area contributed by atoms with E-state index >= 15 is 0 Å². The van der Waals surface area contributed by atoms with Gasteiger partial charge in [-0.1, -0.05) is 30.3 Å². The maximum Gasteiger partial charge on any atom is 0.233 e. The van der Waals surface area contributed by atoms with Gasteiger partial charge in [0.1, 0.15) is 12.1 Å². The van der Waals surface area contributed by atoms with Crippen LogP contribution in [0, 0.1) is 6.92 Å². The maximum absolute atomic E-state index is 12.7. The largest absolute Gasteiger partial charge is 0.493 e. The first-order valence-electron chi connectivity index (χ1n) is 9.90. The number of hydrogen-bond acceptors (Lipinski definition) is 7. The van der Waals surface area contributed by atoms with Crippen LogP contribution in [0.15, 0.2) is 67.0 Å². The Morgan fingerprint density at radius 2 is 1.50 bits per heavy atom. The van der Waals surface area contributed by atoms with Crippen LogP contribution in [0.25, 0.3) is 10.9 Å². The van der Waals surface area contributed by atoms with Gasteiger partial charge in [-0.2, -0.15) is 0 Å². The van der Waals surface area contributed by atoms with Gasteiger partial charge in [0, 0.05) is 28.3 Å². The lowest BCUT2D eigenvalue weighted by Gasteiger charge is -2.14. The summed E-state index contributed by atoms with van der Waals surface area (Å²) in [7, 11) is 3.13. The van der Waals surface area contributed by atoms with E-state index in [-0.39, 0.29) is 0 Å². The van der Waals surface area contributed by atoms with Crippen LogP contribution < -0.4 is 14.8 Å². The summed E-state index contributed by atoms with van der Waals surface area (Å²) in [5.74, 6) is 0.643. The van der Waals surface area contributed by atoms with Gasteiger partial charge in [-0.3, -0.25) is 9.59 Å². The van der Waals surface area contributed by atoms with Crippen LogP contribution in [0.1, 0.15) is 26.3 Å². The molecular weight excluding hydrogens is 406 g/mol. The number of benzene rings is 3. The third-order valence-electron chi connectivity index (χ3n) is 5.12. The van der Waals surface area contributed by atoms with E-state index in [9.17, 15) is 9.59 Å². The molecule has 0 aliphatic heterocycles. The molecule has 0 spiro atoms. The number of carbonyl (C=O) groups excluding carboxylic acids is 2. The van der Waals surface area contributed by atoms with E-state index < -0.39 is 11.6 Å². The molecule has 0 fully saturated rings. The molecule has 0 saturated heterocycles. The Hall–Kier alpha value is -4.26. The van der Waals surface area contributed by atoms with E-state index in [1.165, 1.54) is 6.33 Å². The van der Waals surface area contributed by atoms with Crippen molar-refractivity contribution in [2.24, 2.45) is 0 Å². The molecule has 1 aromatic heterocycles. The maximum atomic E-state index is 12.7. The Morgan fingerprint density at radius 1 is 0.812 bits per heavy atom. The number of fused-ring (bicyclic) bond motifs is 1. The van der Waals surface area contributed by atoms with Crippen LogP contribution in [0.2, 0.25) is 0 Å². The second-order valence-electron chi connectivity index (χ2n) is 7.13. The molecule has 0 unspecified atom stereocenters. The highest BCUT2D eigenvalue weighted by atomic mass is 16.5. The molecule has 3 aromatic carbocycles. The number of ketones is 2. The predicted molar refractivity (Wildman–Crippen MR) is 122 cm³/mol. The van der Waals surface area contributed by atoms with E-state index in [1.54, 1.807) is 68.8 Å². The smallest absolute Gasteiger partial charge is 0.233 e. The van der Waals surface area contributed by atoms with Crippen LogP contribution >= 0.6 is 0 Å². The van der Waals surface area contributed by atoms with Crippen molar-refractivity contribution in [2.45, 2.75) is 6.92 Å². The summed E-state index contributed by atoms with van der Waals surface area (Å²) in [6, 6.07) is 17.2. The number of methoxy groups -OCH3 is 2. The van der Waals surface area contributed by atoms with Crippen LogP contribution in [0.5, 0.6) is 11.5 Å². The average molecular weight is 427 g/mol. The predicted octanol–water partition coefficient (Wildman–Crippen LogP) is 4.76. The Balaban J connectivity index is 1.64. The summed E-state index contributed by atoms with van der Waals surface area (Å²) in [4.78, 5) is 33.8. The zero-order chi connectivity index (χ0) is 22.7. The Kier molecular flexibility index (Phi) is 5.81. The first-order chi connectivity index (χ1) is 15.5. The second kappa shape index (κ2) is 8.85. The number of hydrogen-bond donors (Lipinski definition) is 1. The summed E-state index contributed by atoms with van der Waals surface area (Å²) >= 11 is 0. The van der Waals surface area contributed by atoms with Crippen LogP contribution in [0.4, 0.5) is 11.5 Å². The topological polar surface area (TPSA) is 90.4 Å². The third kappa shape index (κ3) is 4.00. The number of Topliss-reactive ketones (excluding diaryl/α,β-unsaturated/α-hetero) is 2. The van der Waals surface area contributed by atoms with Crippen molar-refractivity contribution < 1.29 is 19.1 Å². The van der Waals surface area contributed by atoms with Crippen molar-refractivity contribution in [3.05, 3.63) is 83.7 Å². The van der Waals surface area contributed by atoms with E-state index in [4.69, 9.17) is 9.47 Å². The number of aromatic nitrogens is 2. The van der Waals surface area contributed by atoms with Gasteiger partial charge < -0.3 is 14.8 Å². The Bertz CT molecular complexity index is 1320. The summed E-state index contributed by atoms with van der Waals surface area (Å²) in [5.41, 5.74) is 2.94. The highest BCUT2D eigenvalue weighted by molar-refractivity contribution is 6.49. The van der Waals surface area contributed by atoms with Crippen molar-refractivity contribution in [1.29, 1.82) is 0 Å². The van der Waals surface area contributed by atoms with Crippen molar-refractivity contribution >= 4 is 34.0 Å². The molecule has 0 saturated carbocycles. The quantitative estimate of drug-likeness (QED) is 0.336. The van der Waals surface area contributed by atoms with E-state index in [0.29, 0.717) is 34.0 Å². The van der Waals surface area contributed by atoms with Gasteiger partial charge in [0.25, 0.3) is 0 Å². The van der Waals surface area contributed by atoms with Crippen molar-refractivity contribution in [3.63, 3.8) is 0 Å². The molecule has 7 heteroatoms. The minimum Gasteiger partial charge on any atom is -0.493 e.